The predicted octanol–water partition coefficient (Wildman–Crippen LogP) is 0.429. The van der Waals surface area contributed by atoms with E-state index in [1.807, 2.05) is 0 Å². The third-order valence-corrected chi connectivity index (χ3v) is 4.16. The first kappa shape index (κ1) is 14.9. The van der Waals surface area contributed by atoms with Crippen molar-refractivity contribution >= 4 is 10.0 Å². The van der Waals surface area contributed by atoms with Gasteiger partial charge < -0.3 is 5.73 Å². The fourth-order valence-corrected chi connectivity index (χ4v) is 2.68. The standard InChI is InChI=1S/C11H20N4O2S/c1-10(2)8-14(3)18(16,17)11-7-13-15(9-11)6-4-5-12/h7,9H,1,4-6,8,12H2,2-3H3. The van der Waals surface area contributed by atoms with Crippen LogP contribution in [0.1, 0.15) is 13.3 Å². The van der Waals surface area contributed by atoms with Crippen molar-refractivity contribution in [1.29, 1.82) is 0 Å². The summed E-state index contributed by atoms with van der Waals surface area (Å²) in [5.74, 6) is 0. The molecule has 2 N–H and O–H groups in total. The van der Waals surface area contributed by atoms with Gasteiger partial charge in [0.2, 0.25) is 10.0 Å². The van der Waals surface area contributed by atoms with Gasteiger partial charge in [-0.1, -0.05) is 12.2 Å². The smallest absolute Gasteiger partial charge is 0.246 e. The summed E-state index contributed by atoms with van der Waals surface area (Å²) in [6.45, 7) is 6.97. The molecule has 1 aromatic rings. The molecular weight excluding hydrogens is 252 g/mol. The van der Waals surface area contributed by atoms with Gasteiger partial charge in [-0.05, 0) is 19.9 Å². The fraction of sp³-hybridized carbons (Fsp3) is 0.545. The van der Waals surface area contributed by atoms with E-state index in [1.165, 1.54) is 23.7 Å². The third kappa shape index (κ3) is 3.66. The number of aryl methyl sites for hydroxylation is 1. The minimum absolute atomic E-state index is 0.197. The van der Waals surface area contributed by atoms with Crippen LogP contribution in [0, 0.1) is 0 Å². The second kappa shape index (κ2) is 6.12. The molecule has 1 aromatic heterocycles. The third-order valence-electron chi connectivity index (χ3n) is 2.40. The molecule has 102 valence electrons. The molecule has 0 radical (unpaired) electrons. The van der Waals surface area contributed by atoms with E-state index in [2.05, 4.69) is 11.7 Å². The van der Waals surface area contributed by atoms with Crippen LogP contribution >= 0.6 is 0 Å². The van der Waals surface area contributed by atoms with Gasteiger partial charge in [0.25, 0.3) is 0 Å². The summed E-state index contributed by atoms with van der Waals surface area (Å²) in [5.41, 5.74) is 6.18. The first-order valence-corrected chi connectivity index (χ1v) is 7.15. The quantitative estimate of drug-likeness (QED) is 0.730. The number of sulfonamides is 1. The summed E-state index contributed by atoms with van der Waals surface area (Å²) in [7, 11) is -1.95. The van der Waals surface area contributed by atoms with Crippen LogP contribution in [-0.2, 0) is 16.6 Å². The molecule has 7 heteroatoms. The summed E-state index contributed by atoms with van der Waals surface area (Å²) >= 11 is 0. The van der Waals surface area contributed by atoms with Crippen molar-refractivity contribution < 1.29 is 8.42 Å². The minimum atomic E-state index is -3.48. The van der Waals surface area contributed by atoms with Crippen molar-refractivity contribution in [2.24, 2.45) is 5.73 Å². The van der Waals surface area contributed by atoms with Gasteiger partial charge in [-0.3, -0.25) is 4.68 Å². The molecule has 0 atom stereocenters. The highest BCUT2D eigenvalue weighted by atomic mass is 32.2. The van der Waals surface area contributed by atoms with E-state index >= 15 is 0 Å². The number of hydrogen-bond acceptors (Lipinski definition) is 4. The van der Waals surface area contributed by atoms with Crippen LogP contribution in [0.25, 0.3) is 0 Å². The lowest BCUT2D eigenvalue weighted by Gasteiger charge is -2.15. The first-order chi connectivity index (χ1) is 8.37. The van der Waals surface area contributed by atoms with Gasteiger partial charge in [0.1, 0.15) is 4.90 Å². The number of hydrogen-bond donors (Lipinski definition) is 1. The maximum Gasteiger partial charge on any atom is 0.246 e. The van der Waals surface area contributed by atoms with Crippen molar-refractivity contribution in [3.8, 4) is 0 Å². The lowest BCUT2D eigenvalue weighted by molar-refractivity contribution is 0.492. The number of nitrogens with two attached hydrogens (primary N) is 1. The van der Waals surface area contributed by atoms with Crippen LogP contribution in [-0.4, -0.2) is 42.6 Å². The summed E-state index contributed by atoms with van der Waals surface area (Å²) in [4.78, 5) is 0.197. The van der Waals surface area contributed by atoms with Gasteiger partial charge in [0.05, 0.1) is 6.20 Å². The van der Waals surface area contributed by atoms with Crippen LogP contribution in [0.5, 0.6) is 0 Å². The SMILES string of the molecule is C=C(C)CN(C)S(=O)(=O)c1cnn(CCCN)c1. The fourth-order valence-electron chi connectivity index (χ4n) is 1.50. The topological polar surface area (TPSA) is 81.2 Å². The van der Waals surface area contributed by atoms with E-state index in [9.17, 15) is 8.42 Å². The van der Waals surface area contributed by atoms with Crippen LogP contribution in [0.2, 0.25) is 0 Å². The minimum Gasteiger partial charge on any atom is -0.330 e. The molecular formula is C11H20N4O2S. The van der Waals surface area contributed by atoms with Crippen LogP contribution in [0.15, 0.2) is 29.4 Å². The van der Waals surface area contributed by atoms with Crippen LogP contribution in [0.4, 0.5) is 0 Å². The molecule has 6 nitrogen and oxygen atoms in total. The lowest BCUT2D eigenvalue weighted by atomic mass is 10.4. The molecule has 0 unspecified atom stereocenters. The summed E-state index contributed by atoms with van der Waals surface area (Å²) in [6, 6.07) is 0. The van der Waals surface area contributed by atoms with Gasteiger partial charge in [0.15, 0.2) is 0 Å². The molecule has 0 saturated carbocycles. The van der Waals surface area contributed by atoms with Gasteiger partial charge in [-0.15, -0.1) is 0 Å². The van der Waals surface area contributed by atoms with Crippen LogP contribution < -0.4 is 5.73 Å². The highest BCUT2D eigenvalue weighted by Gasteiger charge is 2.22. The Bertz CT molecular complexity index is 507. The average molecular weight is 272 g/mol. The van der Waals surface area contributed by atoms with Crippen molar-refractivity contribution in [2.75, 3.05) is 20.1 Å². The molecule has 0 aliphatic rings. The van der Waals surface area contributed by atoms with Crippen molar-refractivity contribution in [1.82, 2.24) is 14.1 Å². The average Bonchev–Trinajstić information content (AvgIpc) is 2.74. The molecule has 0 spiro atoms. The van der Waals surface area contributed by atoms with E-state index in [0.29, 0.717) is 19.6 Å². The number of aromatic nitrogens is 2. The number of likely N-dealkylation sites (N-methyl/N-ethyl adjacent to an activating group) is 1. The Morgan fingerprint density at radius 1 is 1.61 bits per heavy atom. The van der Waals surface area contributed by atoms with Gasteiger partial charge in [-0.2, -0.15) is 9.40 Å². The van der Waals surface area contributed by atoms with Crippen molar-refractivity contribution in [2.45, 2.75) is 24.8 Å². The second-order valence-corrected chi connectivity index (χ2v) is 6.34. The van der Waals surface area contributed by atoms with E-state index in [-0.39, 0.29) is 4.90 Å². The maximum atomic E-state index is 12.2. The Morgan fingerprint density at radius 2 is 2.28 bits per heavy atom. The van der Waals surface area contributed by atoms with E-state index in [0.717, 1.165) is 12.0 Å². The van der Waals surface area contributed by atoms with E-state index in [4.69, 9.17) is 5.73 Å². The Kier molecular flexibility index (Phi) is 5.06. The van der Waals surface area contributed by atoms with Crippen LogP contribution in [0.3, 0.4) is 0 Å². The zero-order valence-electron chi connectivity index (χ0n) is 10.8. The summed E-state index contributed by atoms with van der Waals surface area (Å²) in [6.07, 6.45) is 3.66. The highest BCUT2D eigenvalue weighted by Crippen LogP contribution is 2.14. The van der Waals surface area contributed by atoms with Gasteiger partial charge in [0, 0.05) is 26.3 Å². The molecule has 18 heavy (non-hydrogen) atoms. The highest BCUT2D eigenvalue weighted by molar-refractivity contribution is 7.89. The second-order valence-electron chi connectivity index (χ2n) is 4.30. The Labute approximate surface area is 108 Å². The molecule has 0 aliphatic heterocycles. The summed E-state index contributed by atoms with van der Waals surface area (Å²) < 4.78 is 27.2. The number of rotatable bonds is 7. The molecule has 1 rings (SSSR count). The lowest BCUT2D eigenvalue weighted by Crippen LogP contribution is -2.28. The van der Waals surface area contributed by atoms with E-state index < -0.39 is 10.0 Å². The molecule has 0 amide bonds. The molecule has 0 bridgehead atoms. The van der Waals surface area contributed by atoms with Gasteiger partial charge >= 0.3 is 0 Å². The van der Waals surface area contributed by atoms with Crippen molar-refractivity contribution in [3.63, 3.8) is 0 Å². The Morgan fingerprint density at radius 3 is 2.83 bits per heavy atom. The Hall–Kier alpha value is -1.18. The Balaban J connectivity index is 2.85. The molecule has 1 heterocycles. The largest absolute Gasteiger partial charge is 0.330 e. The zero-order valence-corrected chi connectivity index (χ0v) is 11.7. The zero-order chi connectivity index (χ0) is 13.8. The summed E-state index contributed by atoms with van der Waals surface area (Å²) in [5, 5.41) is 4.01. The predicted molar refractivity (Wildman–Crippen MR) is 70.5 cm³/mol. The monoisotopic (exact) mass is 272 g/mol. The van der Waals surface area contributed by atoms with E-state index in [1.54, 1.807) is 11.6 Å². The number of nitrogens with zero attached hydrogens (tertiary/aromatic N) is 3. The molecule has 0 saturated heterocycles. The molecule has 0 fully saturated rings. The maximum absolute atomic E-state index is 12.2. The van der Waals surface area contributed by atoms with Gasteiger partial charge in [-0.25, -0.2) is 8.42 Å². The van der Waals surface area contributed by atoms with Crippen molar-refractivity contribution in [3.05, 3.63) is 24.5 Å². The molecule has 0 aliphatic carbocycles. The molecule has 0 aromatic carbocycles. The first-order valence-electron chi connectivity index (χ1n) is 5.71. The normalized spacial score (nSPS) is 12.0.